The maximum absolute atomic E-state index is 11.1. The molecular formula is C27H31N3O2S. The Balaban J connectivity index is 1.79. The van der Waals surface area contributed by atoms with Crippen molar-refractivity contribution in [3.05, 3.63) is 85.5 Å². The fourth-order valence-corrected chi connectivity index (χ4v) is 5.40. The monoisotopic (exact) mass is 461 g/mol. The molecule has 0 saturated heterocycles. The van der Waals surface area contributed by atoms with Gasteiger partial charge >= 0.3 is 0 Å². The van der Waals surface area contributed by atoms with Gasteiger partial charge in [-0.05, 0) is 73.8 Å². The fraction of sp³-hybridized carbons (Fsp3) is 0.370. The average Bonchev–Trinajstić information content (AvgIpc) is 3.25. The summed E-state index contributed by atoms with van der Waals surface area (Å²) in [5, 5.41) is 13.2. The molecule has 5 nitrogen and oxygen atoms in total. The van der Waals surface area contributed by atoms with Gasteiger partial charge in [0, 0.05) is 24.1 Å². The lowest BCUT2D eigenvalue weighted by Crippen LogP contribution is -2.17. The van der Waals surface area contributed by atoms with E-state index < -0.39 is 0 Å². The minimum absolute atomic E-state index is 0.113. The molecule has 1 aliphatic rings. The molecule has 0 amide bonds. The van der Waals surface area contributed by atoms with Gasteiger partial charge in [-0.3, -0.25) is 10.1 Å². The van der Waals surface area contributed by atoms with Crippen molar-refractivity contribution < 1.29 is 4.92 Å². The van der Waals surface area contributed by atoms with E-state index in [0.29, 0.717) is 0 Å². The van der Waals surface area contributed by atoms with Crippen molar-refractivity contribution >= 4 is 22.7 Å². The number of hydrogen-bond donors (Lipinski definition) is 0. The van der Waals surface area contributed by atoms with Crippen molar-refractivity contribution in [3.8, 4) is 11.3 Å². The molecule has 3 aromatic rings. The Kier molecular flexibility index (Phi) is 7.55. The highest BCUT2D eigenvalue weighted by atomic mass is 32.1. The van der Waals surface area contributed by atoms with E-state index in [-0.39, 0.29) is 10.6 Å². The largest absolute Gasteiger partial charge is 0.316 e. The Labute approximate surface area is 199 Å². The number of nitro groups is 1. The van der Waals surface area contributed by atoms with Gasteiger partial charge in [0.25, 0.3) is 5.69 Å². The van der Waals surface area contributed by atoms with Gasteiger partial charge in [0.2, 0.25) is 0 Å². The number of rotatable bonds is 8. The van der Waals surface area contributed by atoms with Gasteiger partial charge in [0.15, 0.2) is 4.80 Å². The van der Waals surface area contributed by atoms with E-state index in [1.54, 1.807) is 23.5 Å². The molecule has 0 spiro atoms. The minimum atomic E-state index is -0.351. The number of allylic oxidation sites excluding steroid dienone is 2. The molecule has 1 heterocycles. The zero-order valence-electron chi connectivity index (χ0n) is 19.4. The number of nitrogens with zero attached hydrogens (tertiary/aromatic N) is 3. The van der Waals surface area contributed by atoms with Crippen molar-refractivity contribution in [2.45, 2.75) is 65.3 Å². The number of aromatic nitrogens is 1. The van der Waals surface area contributed by atoms with E-state index >= 15 is 0 Å². The lowest BCUT2D eigenvalue weighted by molar-refractivity contribution is -0.384. The number of benzene rings is 2. The molecule has 0 fully saturated rings. The molecule has 6 heteroatoms. The summed E-state index contributed by atoms with van der Waals surface area (Å²) in [5.74, 6) is 0. The molecule has 2 aromatic carbocycles. The van der Waals surface area contributed by atoms with Crippen LogP contribution in [0.4, 0.5) is 11.4 Å². The van der Waals surface area contributed by atoms with Gasteiger partial charge in [0.05, 0.1) is 16.3 Å². The first-order chi connectivity index (χ1) is 16.1. The maximum Gasteiger partial charge on any atom is 0.269 e. The van der Waals surface area contributed by atoms with Crippen LogP contribution < -0.4 is 4.80 Å². The normalized spacial score (nSPS) is 14.4. The van der Waals surface area contributed by atoms with Crippen LogP contribution in [0.3, 0.4) is 0 Å². The highest BCUT2D eigenvalue weighted by Gasteiger charge is 2.13. The predicted octanol–water partition coefficient (Wildman–Crippen LogP) is 7.37. The third-order valence-corrected chi connectivity index (χ3v) is 7.25. The number of nitro benzene ring substituents is 1. The van der Waals surface area contributed by atoms with Crippen LogP contribution in [0.2, 0.25) is 0 Å². The SMILES string of the molecule is CCc1cccc(CC)c1N=c1scc(-c2ccc([N+](=O)[O-])cc2)n1CCC1=CCCCC1. The highest BCUT2D eigenvalue weighted by molar-refractivity contribution is 7.07. The second-order valence-corrected chi connectivity index (χ2v) is 9.30. The van der Waals surface area contributed by atoms with Crippen LogP contribution in [0.1, 0.15) is 57.1 Å². The molecular weight excluding hydrogens is 430 g/mol. The Morgan fingerprint density at radius 1 is 1.06 bits per heavy atom. The highest BCUT2D eigenvalue weighted by Crippen LogP contribution is 2.28. The standard InChI is InChI=1S/C27H31N3O2S/c1-3-21-11-8-12-22(4-2)26(21)28-27-29(18-17-20-9-6-5-7-10-20)25(19-33-27)23-13-15-24(16-14-23)30(31)32/h8-9,11-16,19H,3-7,10,17-18H2,1-2H3. The molecule has 0 radical (unpaired) electrons. The molecule has 1 aliphatic carbocycles. The Bertz CT molecular complexity index is 1200. The van der Waals surface area contributed by atoms with Gasteiger partial charge in [-0.1, -0.05) is 43.7 Å². The zero-order valence-corrected chi connectivity index (χ0v) is 20.2. The molecule has 172 valence electrons. The topological polar surface area (TPSA) is 60.4 Å². The second kappa shape index (κ2) is 10.8. The van der Waals surface area contributed by atoms with Crippen LogP contribution in [0, 0.1) is 10.1 Å². The number of para-hydroxylation sites is 1. The molecule has 0 bridgehead atoms. The summed E-state index contributed by atoms with van der Waals surface area (Å²) < 4.78 is 2.30. The Morgan fingerprint density at radius 2 is 1.79 bits per heavy atom. The molecule has 0 unspecified atom stereocenters. The van der Waals surface area contributed by atoms with E-state index in [1.165, 1.54) is 42.4 Å². The summed E-state index contributed by atoms with van der Waals surface area (Å²) in [4.78, 5) is 16.9. The van der Waals surface area contributed by atoms with E-state index in [4.69, 9.17) is 4.99 Å². The van der Waals surface area contributed by atoms with Gasteiger partial charge in [-0.15, -0.1) is 11.3 Å². The summed E-state index contributed by atoms with van der Waals surface area (Å²) in [6, 6.07) is 13.3. The summed E-state index contributed by atoms with van der Waals surface area (Å²) in [6.07, 6.45) is 10.2. The van der Waals surface area contributed by atoms with Crippen molar-refractivity contribution in [3.63, 3.8) is 0 Å². The molecule has 1 aromatic heterocycles. The average molecular weight is 462 g/mol. The number of hydrogen-bond acceptors (Lipinski definition) is 4. The first kappa shape index (κ1) is 23.2. The second-order valence-electron chi connectivity index (χ2n) is 8.46. The van der Waals surface area contributed by atoms with Crippen LogP contribution >= 0.6 is 11.3 Å². The molecule has 0 saturated carbocycles. The number of aryl methyl sites for hydroxylation is 2. The predicted molar refractivity (Wildman–Crippen MR) is 136 cm³/mol. The zero-order chi connectivity index (χ0) is 23.2. The van der Waals surface area contributed by atoms with Crippen LogP contribution in [-0.2, 0) is 19.4 Å². The molecule has 0 N–H and O–H groups in total. The van der Waals surface area contributed by atoms with Gasteiger partial charge in [0.1, 0.15) is 0 Å². The summed E-state index contributed by atoms with van der Waals surface area (Å²) >= 11 is 1.64. The summed E-state index contributed by atoms with van der Waals surface area (Å²) in [5.41, 5.74) is 7.31. The van der Waals surface area contributed by atoms with Crippen LogP contribution in [0.15, 0.2) is 64.5 Å². The molecule has 0 aliphatic heterocycles. The van der Waals surface area contributed by atoms with Crippen molar-refractivity contribution in [2.24, 2.45) is 4.99 Å². The van der Waals surface area contributed by atoms with Crippen LogP contribution in [0.5, 0.6) is 0 Å². The van der Waals surface area contributed by atoms with Crippen LogP contribution in [-0.4, -0.2) is 9.49 Å². The van der Waals surface area contributed by atoms with E-state index in [2.05, 4.69) is 48.1 Å². The Hall–Kier alpha value is -2.99. The summed E-state index contributed by atoms with van der Waals surface area (Å²) in [6.45, 7) is 5.21. The molecule has 0 atom stereocenters. The van der Waals surface area contributed by atoms with Gasteiger partial charge in [-0.2, -0.15) is 0 Å². The number of thiazole rings is 1. The van der Waals surface area contributed by atoms with E-state index in [1.807, 2.05) is 12.1 Å². The first-order valence-electron chi connectivity index (χ1n) is 11.9. The lowest BCUT2D eigenvalue weighted by atomic mass is 9.97. The Morgan fingerprint density at radius 3 is 2.39 bits per heavy atom. The quantitative estimate of drug-likeness (QED) is 0.200. The lowest BCUT2D eigenvalue weighted by Gasteiger charge is -2.15. The first-order valence-corrected chi connectivity index (χ1v) is 12.7. The van der Waals surface area contributed by atoms with Crippen molar-refractivity contribution in [2.75, 3.05) is 0 Å². The molecule has 4 rings (SSSR count). The smallest absolute Gasteiger partial charge is 0.269 e. The summed E-state index contributed by atoms with van der Waals surface area (Å²) in [7, 11) is 0. The minimum Gasteiger partial charge on any atom is -0.316 e. The van der Waals surface area contributed by atoms with E-state index in [0.717, 1.165) is 47.6 Å². The van der Waals surface area contributed by atoms with Crippen LogP contribution in [0.25, 0.3) is 11.3 Å². The third kappa shape index (κ3) is 5.33. The van der Waals surface area contributed by atoms with Gasteiger partial charge in [-0.25, -0.2) is 4.99 Å². The van der Waals surface area contributed by atoms with E-state index in [9.17, 15) is 10.1 Å². The third-order valence-electron chi connectivity index (χ3n) is 6.39. The maximum atomic E-state index is 11.1. The number of non-ortho nitro benzene ring substituents is 1. The van der Waals surface area contributed by atoms with Crippen molar-refractivity contribution in [1.29, 1.82) is 0 Å². The molecule has 33 heavy (non-hydrogen) atoms. The fourth-order valence-electron chi connectivity index (χ4n) is 4.46. The van der Waals surface area contributed by atoms with Crippen molar-refractivity contribution in [1.82, 2.24) is 4.57 Å². The van der Waals surface area contributed by atoms with Gasteiger partial charge < -0.3 is 4.57 Å².